The van der Waals surface area contributed by atoms with Gasteiger partial charge in [-0.3, -0.25) is 0 Å². The van der Waals surface area contributed by atoms with Crippen LogP contribution >= 0.6 is 0 Å². The molecule has 2 atom stereocenters. The summed E-state index contributed by atoms with van der Waals surface area (Å²) < 4.78 is 10.8. The SMILES string of the molecule is CCOC(c1noc(CC(C)C#N)n1)C1CC1. The van der Waals surface area contributed by atoms with Gasteiger partial charge in [0.15, 0.2) is 0 Å². The molecule has 5 nitrogen and oxygen atoms in total. The van der Waals surface area contributed by atoms with Crippen LogP contribution in [-0.2, 0) is 11.2 Å². The fourth-order valence-electron chi connectivity index (χ4n) is 1.77. The first-order valence-electron chi connectivity index (χ1n) is 6.08. The van der Waals surface area contributed by atoms with E-state index in [2.05, 4.69) is 16.2 Å². The molecule has 2 rings (SSSR count). The number of nitrogens with zero attached hydrogens (tertiary/aromatic N) is 3. The highest BCUT2D eigenvalue weighted by Gasteiger charge is 2.36. The van der Waals surface area contributed by atoms with Gasteiger partial charge in [0.2, 0.25) is 11.7 Å². The molecule has 0 aromatic carbocycles. The van der Waals surface area contributed by atoms with Crippen LogP contribution in [0.4, 0.5) is 0 Å². The molecule has 1 saturated carbocycles. The Morgan fingerprint density at radius 3 is 2.94 bits per heavy atom. The fourth-order valence-corrected chi connectivity index (χ4v) is 1.77. The van der Waals surface area contributed by atoms with Crippen molar-refractivity contribution < 1.29 is 9.26 Å². The van der Waals surface area contributed by atoms with Crippen LogP contribution < -0.4 is 0 Å². The largest absolute Gasteiger partial charge is 0.370 e. The number of nitriles is 1. The maximum absolute atomic E-state index is 8.73. The molecule has 1 aliphatic carbocycles. The van der Waals surface area contributed by atoms with Crippen LogP contribution in [0.3, 0.4) is 0 Å². The van der Waals surface area contributed by atoms with E-state index < -0.39 is 0 Å². The minimum atomic E-state index is -0.102. The van der Waals surface area contributed by atoms with Gasteiger partial charge in [-0.15, -0.1) is 0 Å². The van der Waals surface area contributed by atoms with Crippen LogP contribution in [0.15, 0.2) is 4.52 Å². The molecule has 1 heterocycles. The van der Waals surface area contributed by atoms with Crippen molar-refractivity contribution in [3.8, 4) is 6.07 Å². The second kappa shape index (κ2) is 5.28. The van der Waals surface area contributed by atoms with Gasteiger partial charge in [-0.25, -0.2) is 0 Å². The smallest absolute Gasteiger partial charge is 0.228 e. The molecule has 0 saturated heterocycles. The summed E-state index contributed by atoms with van der Waals surface area (Å²) in [6.45, 7) is 4.46. The number of aromatic nitrogens is 2. The lowest BCUT2D eigenvalue weighted by molar-refractivity contribution is 0.0384. The van der Waals surface area contributed by atoms with Crippen LogP contribution in [0.1, 0.15) is 44.5 Å². The molecule has 0 amide bonds. The van der Waals surface area contributed by atoms with E-state index in [1.165, 1.54) is 12.8 Å². The van der Waals surface area contributed by atoms with Gasteiger partial charge >= 0.3 is 0 Å². The molecule has 0 aliphatic heterocycles. The summed E-state index contributed by atoms with van der Waals surface area (Å²) in [5.41, 5.74) is 0. The molecular formula is C12H17N3O2. The molecule has 1 aliphatic rings. The third kappa shape index (κ3) is 3.04. The van der Waals surface area contributed by atoms with E-state index in [9.17, 15) is 0 Å². The second-order valence-electron chi connectivity index (χ2n) is 4.49. The third-order valence-corrected chi connectivity index (χ3v) is 2.84. The van der Waals surface area contributed by atoms with Gasteiger partial charge in [0.25, 0.3) is 0 Å². The highest BCUT2D eigenvalue weighted by Crippen LogP contribution is 2.42. The fraction of sp³-hybridized carbons (Fsp3) is 0.750. The van der Waals surface area contributed by atoms with E-state index in [-0.39, 0.29) is 12.0 Å². The zero-order chi connectivity index (χ0) is 12.3. The third-order valence-electron chi connectivity index (χ3n) is 2.84. The van der Waals surface area contributed by atoms with Crippen molar-refractivity contribution in [1.82, 2.24) is 10.1 Å². The van der Waals surface area contributed by atoms with Crippen LogP contribution in [0.5, 0.6) is 0 Å². The van der Waals surface area contributed by atoms with Gasteiger partial charge < -0.3 is 9.26 Å². The molecule has 17 heavy (non-hydrogen) atoms. The van der Waals surface area contributed by atoms with Gasteiger partial charge in [0.05, 0.1) is 12.0 Å². The monoisotopic (exact) mass is 235 g/mol. The lowest BCUT2D eigenvalue weighted by Gasteiger charge is -2.10. The van der Waals surface area contributed by atoms with E-state index in [1.54, 1.807) is 0 Å². The Bertz CT molecular complexity index is 406. The first-order chi connectivity index (χ1) is 8.24. The topological polar surface area (TPSA) is 71.9 Å². The average Bonchev–Trinajstić information content (AvgIpc) is 3.06. The van der Waals surface area contributed by atoms with Gasteiger partial charge in [0, 0.05) is 13.0 Å². The van der Waals surface area contributed by atoms with E-state index in [0.29, 0.717) is 30.7 Å². The Labute approximate surface area is 101 Å². The molecular weight excluding hydrogens is 218 g/mol. The molecule has 2 unspecified atom stereocenters. The maximum Gasteiger partial charge on any atom is 0.228 e. The highest BCUT2D eigenvalue weighted by atomic mass is 16.5. The van der Waals surface area contributed by atoms with Crippen molar-refractivity contribution in [2.24, 2.45) is 11.8 Å². The second-order valence-corrected chi connectivity index (χ2v) is 4.49. The number of hydrogen-bond donors (Lipinski definition) is 0. The van der Waals surface area contributed by atoms with Gasteiger partial charge in [-0.2, -0.15) is 10.2 Å². The Balaban J connectivity index is 2.03. The quantitative estimate of drug-likeness (QED) is 0.756. The Kier molecular flexibility index (Phi) is 3.75. The number of ether oxygens (including phenoxy) is 1. The highest BCUT2D eigenvalue weighted by molar-refractivity contribution is 4.99. The number of rotatable bonds is 6. The molecule has 1 aromatic rings. The molecule has 1 fully saturated rings. The van der Waals surface area contributed by atoms with E-state index in [0.717, 1.165) is 0 Å². The Morgan fingerprint density at radius 1 is 1.59 bits per heavy atom. The van der Waals surface area contributed by atoms with Crippen molar-refractivity contribution >= 4 is 0 Å². The summed E-state index contributed by atoms with van der Waals surface area (Å²) in [5, 5.41) is 12.7. The lowest BCUT2D eigenvalue weighted by Crippen LogP contribution is -2.08. The molecule has 0 spiro atoms. The maximum atomic E-state index is 8.73. The normalized spacial score (nSPS) is 18.6. The molecule has 0 bridgehead atoms. The Hall–Kier alpha value is -1.41. The predicted octanol–water partition coefficient (Wildman–Crippen LogP) is 2.26. The zero-order valence-corrected chi connectivity index (χ0v) is 10.2. The van der Waals surface area contributed by atoms with E-state index >= 15 is 0 Å². The summed E-state index contributed by atoms with van der Waals surface area (Å²) in [5.74, 6) is 1.59. The zero-order valence-electron chi connectivity index (χ0n) is 10.2. The number of hydrogen-bond acceptors (Lipinski definition) is 5. The lowest BCUT2D eigenvalue weighted by atomic mass is 10.1. The summed E-state index contributed by atoms with van der Waals surface area (Å²) in [4.78, 5) is 4.32. The standard InChI is InChI=1S/C12H17N3O2/c1-3-16-11(9-4-5-9)12-14-10(17-15-12)6-8(2)7-13/h8-9,11H,3-6H2,1-2H3. The summed E-state index contributed by atoms with van der Waals surface area (Å²) in [6, 6.07) is 2.15. The molecule has 0 radical (unpaired) electrons. The molecule has 1 aromatic heterocycles. The van der Waals surface area contributed by atoms with Crippen molar-refractivity contribution in [3.63, 3.8) is 0 Å². The van der Waals surface area contributed by atoms with Crippen molar-refractivity contribution in [2.45, 2.75) is 39.2 Å². The first kappa shape index (κ1) is 12.1. The summed E-state index contributed by atoms with van der Waals surface area (Å²) in [6.07, 6.45) is 2.81. The molecule has 5 heteroatoms. The van der Waals surface area contributed by atoms with Crippen LogP contribution in [0.2, 0.25) is 0 Å². The minimum absolute atomic E-state index is 0.0325. The van der Waals surface area contributed by atoms with Crippen LogP contribution in [0.25, 0.3) is 0 Å². The van der Waals surface area contributed by atoms with Gasteiger partial charge in [0.1, 0.15) is 6.10 Å². The van der Waals surface area contributed by atoms with E-state index in [4.69, 9.17) is 14.5 Å². The molecule has 0 N–H and O–H groups in total. The van der Waals surface area contributed by atoms with Crippen molar-refractivity contribution in [3.05, 3.63) is 11.7 Å². The summed E-state index contributed by atoms with van der Waals surface area (Å²) >= 11 is 0. The van der Waals surface area contributed by atoms with Gasteiger partial charge in [-0.05, 0) is 32.6 Å². The molecule has 92 valence electrons. The van der Waals surface area contributed by atoms with Crippen LogP contribution in [0, 0.1) is 23.2 Å². The summed E-state index contributed by atoms with van der Waals surface area (Å²) in [7, 11) is 0. The van der Waals surface area contributed by atoms with Crippen LogP contribution in [-0.4, -0.2) is 16.7 Å². The van der Waals surface area contributed by atoms with Crippen molar-refractivity contribution in [2.75, 3.05) is 6.61 Å². The van der Waals surface area contributed by atoms with Gasteiger partial charge in [-0.1, -0.05) is 5.16 Å². The average molecular weight is 235 g/mol. The predicted molar refractivity (Wildman–Crippen MR) is 59.9 cm³/mol. The van der Waals surface area contributed by atoms with Crippen molar-refractivity contribution in [1.29, 1.82) is 5.26 Å². The minimum Gasteiger partial charge on any atom is -0.370 e. The first-order valence-corrected chi connectivity index (χ1v) is 6.08. The Morgan fingerprint density at radius 2 is 2.35 bits per heavy atom. The van der Waals surface area contributed by atoms with E-state index in [1.807, 2.05) is 13.8 Å².